The van der Waals surface area contributed by atoms with Crippen molar-refractivity contribution >= 4 is 0 Å². The number of rotatable bonds is 4. The Balaban J connectivity index is 2.42. The van der Waals surface area contributed by atoms with Crippen LogP contribution < -0.4 is 21.3 Å². The summed E-state index contributed by atoms with van der Waals surface area (Å²) >= 11 is 0. The fourth-order valence-corrected chi connectivity index (χ4v) is 2.35. The smallest absolute Gasteiger partial charge is 0.193 e. The van der Waals surface area contributed by atoms with E-state index in [1.165, 1.54) is 39.3 Å². The Morgan fingerprint density at radius 2 is 1.36 bits per heavy atom. The molecular weight excluding hydrogens is 176 g/mol. The van der Waals surface area contributed by atoms with Gasteiger partial charge < -0.3 is 21.3 Å². The molecule has 0 amide bonds. The first-order valence-electron chi connectivity index (χ1n) is 6.18. The van der Waals surface area contributed by atoms with Crippen LogP contribution in [0.1, 0.15) is 13.8 Å². The maximum Gasteiger partial charge on any atom is 0.193 e. The molecule has 0 bridgehead atoms. The molecule has 4 nitrogen and oxygen atoms in total. The Morgan fingerprint density at radius 3 is 1.71 bits per heavy atom. The van der Waals surface area contributed by atoms with Gasteiger partial charge in [0, 0.05) is 0 Å². The number of nitrogens with two attached hydrogens (primary N) is 4. The van der Waals surface area contributed by atoms with Crippen LogP contribution in [0.2, 0.25) is 0 Å². The molecule has 1 heterocycles. The first kappa shape index (κ1) is 11.9. The van der Waals surface area contributed by atoms with Crippen LogP contribution >= 0.6 is 0 Å². The van der Waals surface area contributed by atoms with Crippen LogP contribution in [0.4, 0.5) is 0 Å². The molecule has 1 rings (SSSR count). The molecule has 0 unspecified atom stereocenters. The summed E-state index contributed by atoms with van der Waals surface area (Å²) < 4.78 is 0. The third-order valence-corrected chi connectivity index (χ3v) is 3.08. The molecule has 0 saturated carbocycles. The summed E-state index contributed by atoms with van der Waals surface area (Å²) in [4.78, 5) is 0. The minimum atomic E-state index is 0.802. The molecule has 0 spiro atoms. The van der Waals surface area contributed by atoms with Gasteiger partial charge >= 0.3 is 0 Å². The molecule has 0 aromatic rings. The van der Waals surface area contributed by atoms with Gasteiger partial charge in [0.25, 0.3) is 0 Å². The van der Waals surface area contributed by atoms with E-state index >= 15 is 0 Å². The lowest BCUT2D eigenvalue weighted by Gasteiger charge is -2.22. The van der Waals surface area contributed by atoms with E-state index in [0.717, 1.165) is 12.1 Å². The van der Waals surface area contributed by atoms with E-state index in [-0.39, 0.29) is 0 Å². The van der Waals surface area contributed by atoms with Gasteiger partial charge in [0.2, 0.25) is 0 Å². The van der Waals surface area contributed by atoms with Crippen LogP contribution in [0.5, 0.6) is 0 Å². The number of quaternary nitrogens is 4. The van der Waals surface area contributed by atoms with E-state index < -0.39 is 0 Å². The fourth-order valence-electron chi connectivity index (χ4n) is 2.35. The minimum Gasteiger partial charge on any atom is -0.336 e. The van der Waals surface area contributed by atoms with E-state index in [4.69, 9.17) is 0 Å². The van der Waals surface area contributed by atoms with Gasteiger partial charge in [0.15, 0.2) is 12.1 Å². The lowest BCUT2D eigenvalue weighted by Crippen LogP contribution is -3.14. The van der Waals surface area contributed by atoms with Crippen molar-refractivity contribution in [1.82, 2.24) is 0 Å². The van der Waals surface area contributed by atoms with E-state index in [0.29, 0.717) is 0 Å². The lowest BCUT2D eigenvalue weighted by molar-refractivity contribution is -0.841. The van der Waals surface area contributed by atoms with E-state index in [1.54, 1.807) is 0 Å². The first-order valence-corrected chi connectivity index (χ1v) is 6.18. The van der Waals surface area contributed by atoms with E-state index in [2.05, 4.69) is 35.1 Å². The molecule has 0 aromatic heterocycles. The second-order valence-electron chi connectivity index (χ2n) is 4.24. The van der Waals surface area contributed by atoms with Crippen LogP contribution in [-0.2, 0) is 0 Å². The van der Waals surface area contributed by atoms with Crippen molar-refractivity contribution < 1.29 is 21.3 Å². The normalized spacial score (nSPS) is 29.6. The zero-order chi connectivity index (χ0) is 10.2. The molecule has 84 valence electrons. The van der Waals surface area contributed by atoms with Crippen molar-refractivity contribution in [2.45, 2.75) is 25.9 Å². The zero-order valence-electron chi connectivity index (χ0n) is 9.71. The molecular formula is C10H28N4+4. The quantitative estimate of drug-likeness (QED) is 0.354. The van der Waals surface area contributed by atoms with Gasteiger partial charge in [-0.2, -0.15) is 0 Å². The third-order valence-electron chi connectivity index (χ3n) is 3.08. The maximum absolute atomic E-state index is 2.51. The molecule has 14 heavy (non-hydrogen) atoms. The van der Waals surface area contributed by atoms with Crippen LogP contribution in [0.3, 0.4) is 0 Å². The molecule has 8 N–H and O–H groups in total. The van der Waals surface area contributed by atoms with Gasteiger partial charge in [-0.3, -0.25) is 0 Å². The van der Waals surface area contributed by atoms with Gasteiger partial charge in [0.05, 0.1) is 13.1 Å². The van der Waals surface area contributed by atoms with E-state index in [9.17, 15) is 0 Å². The molecule has 1 saturated heterocycles. The van der Waals surface area contributed by atoms with Crippen molar-refractivity contribution in [3.05, 3.63) is 0 Å². The monoisotopic (exact) mass is 204 g/mol. The SMILES string of the molecule is CC[NH2+][C@H]1C[NH2+]CC[NH2+]C[C@@H]1[NH2+]CC. The number of hydrogen-bond donors (Lipinski definition) is 4. The second-order valence-corrected chi connectivity index (χ2v) is 4.24. The summed E-state index contributed by atoms with van der Waals surface area (Å²) in [7, 11) is 0. The average Bonchev–Trinajstić information content (AvgIpc) is 2.16. The van der Waals surface area contributed by atoms with Crippen LogP contribution in [0.15, 0.2) is 0 Å². The molecule has 2 atom stereocenters. The largest absolute Gasteiger partial charge is 0.336 e. The highest BCUT2D eigenvalue weighted by Crippen LogP contribution is 1.77. The van der Waals surface area contributed by atoms with Crippen molar-refractivity contribution in [1.29, 1.82) is 0 Å². The lowest BCUT2D eigenvalue weighted by atomic mass is 10.1. The highest BCUT2D eigenvalue weighted by molar-refractivity contribution is 4.63. The molecule has 0 aliphatic carbocycles. The summed E-state index contributed by atoms with van der Waals surface area (Å²) in [5.41, 5.74) is 0. The summed E-state index contributed by atoms with van der Waals surface area (Å²) in [5.74, 6) is 0. The maximum atomic E-state index is 2.51. The Kier molecular flexibility index (Phi) is 6.10. The van der Waals surface area contributed by atoms with E-state index in [1.807, 2.05) is 0 Å². The number of hydrogen-bond acceptors (Lipinski definition) is 0. The van der Waals surface area contributed by atoms with Gasteiger partial charge in [0.1, 0.15) is 26.2 Å². The Morgan fingerprint density at radius 1 is 0.929 bits per heavy atom. The highest BCUT2D eigenvalue weighted by atomic mass is 15.1. The Labute approximate surface area is 87.2 Å². The standard InChI is InChI=1S/C10H24N4/c1-3-13-9-7-11-5-6-12-8-10(9)14-4-2/h9-14H,3-8H2,1-2H3/p+4/t9-,10-/m0/s1. The van der Waals surface area contributed by atoms with Crippen molar-refractivity contribution in [2.75, 3.05) is 39.3 Å². The first-order chi connectivity index (χ1) is 6.88. The van der Waals surface area contributed by atoms with Crippen molar-refractivity contribution in [3.63, 3.8) is 0 Å². The summed E-state index contributed by atoms with van der Waals surface area (Å²) in [5, 5.41) is 9.96. The van der Waals surface area contributed by atoms with Crippen molar-refractivity contribution in [2.24, 2.45) is 0 Å². The molecule has 1 aliphatic rings. The van der Waals surface area contributed by atoms with Crippen LogP contribution in [0, 0.1) is 0 Å². The van der Waals surface area contributed by atoms with Gasteiger partial charge in [-0.15, -0.1) is 0 Å². The second kappa shape index (κ2) is 7.17. The fraction of sp³-hybridized carbons (Fsp3) is 1.00. The topological polar surface area (TPSA) is 66.4 Å². The molecule has 0 radical (unpaired) electrons. The molecule has 4 heteroatoms. The summed E-state index contributed by atoms with van der Waals surface area (Å²) in [6, 6.07) is 1.60. The Hall–Kier alpha value is -0.160. The van der Waals surface area contributed by atoms with Gasteiger partial charge in [-0.05, 0) is 13.8 Å². The summed E-state index contributed by atoms with van der Waals surface area (Å²) in [6.07, 6.45) is 0. The Bertz CT molecular complexity index is 124. The average molecular weight is 204 g/mol. The van der Waals surface area contributed by atoms with Crippen LogP contribution in [-0.4, -0.2) is 51.4 Å². The molecule has 1 aliphatic heterocycles. The van der Waals surface area contributed by atoms with Gasteiger partial charge in [-0.1, -0.05) is 0 Å². The third kappa shape index (κ3) is 3.92. The predicted molar refractivity (Wildman–Crippen MR) is 55.8 cm³/mol. The highest BCUT2D eigenvalue weighted by Gasteiger charge is 2.31. The summed E-state index contributed by atoms with van der Waals surface area (Å²) in [6.45, 7) is 12.1. The van der Waals surface area contributed by atoms with Crippen LogP contribution in [0.25, 0.3) is 0 Å². The van der Waals surface area contributed by atoms with Crippen molar-refractivity contribution in [3.8, 4) is 0 Å². The zero-order valence-corrected chi connectivity index (χ0v) is 9.71. The predicted octanol–water partition coefficient (Wildman–Crippen LogP) is -4.97. The number of likely N-dealkylation sites (N-methyl/N-ethyl adjacent to an activating group) is 2. The minimum absolute atomic E-state index is 0.802. The molecule has 1 fully saturated rings. The van der Waals surface area contributed by atoms with Gasteiger partial charge in [-0.25, -0.2) is 0 Å². The molecule has 0 aromatic carbocycles.